The summed E-state index contributed by atoms with van der Waals surface area (Å²) in [7, 11) is 0. The van der Waals surface area contributed by atoms with E-state index in [1.165, 1.54) is 0 Å². The molecule has 124 valence electrons. The zero-order chi connectivity index (χ0) is 16.3. The first-order valence-electron chi connectivity index (χ1n) is 8.59. The fraction of sp³-hybridized carbons (Fsp3) is 0.550. The molecule has 0 spiro atoms. The van der Waals surface area contributed by atoms with Crippen molar-refractivity contribution in [3.8, 4) is 0 Å². The van der Waals surface area contributed by atoms with Crippen molar-refractivity contribution in [2.45, 2.75) is 71.1 Å². The maximum atomic E-state index is 10.3. The van der Waals surface area contributed by atoms with Gasteiger partial charge in [0.15, 0.2) is 0 Å². The molecule has 0 aromatic rings. The molecule has 0 radical (unpaired) electrons. The van der Waals surface area contributed by atoms with Crippen molar-refractivity contribution in [3.63, 3.8) is 0 Å². The average Bonchev–Trinajstić information content (AvgIpc) is 2.50. The predicted molar refractivity (Wildman–Crippen MR) is 96.0 cm³/mol. The second kappa shape index (κ2) is 17.5. The standard InChI is InChI=1S/C20H32O2/c1-2-3-4-5-6-7-8-9-10-11-12-13-14-15-16-17-18-19-20(21)22/h3-4,6-7,9-10,13-14H,2,5,8,11-12,15-19H2,1H3,(H,21,22). The molecule has 0 unspecified atom stereocenters. The van der Waals surface area contributed by atoms with Crippen molar-refractivity contribution in [2.75, 3.05) is 0 Å². The maximum Gasteiger partial charge on any atom is 0.303 e. The molecule has 0 aromatic carbocycles. The Morgan fingerprint density at radius 3 is 1.91 bits per heavy atom. The molecule has 0 heterocycles. The van der Waals surface area contributed by atoms with Crippen LogP contribution in [-0.2, 0) is 4.79 Å². The minimum atomic E-state index is -0.686. The molecule has 0 aliphatic heterocycles. The summed E-state index contributed by atoms with van der Waals surface area (Å²) in [4.78, 5) is 10.3. The number of hydrogen-bond donors (Lipinski definition) is 1. The van der Waals surface area contributed by atoms with Gasteiger partial charge in [-0.05, 0) is 51.4 Å². The number of carboxylic acids is 1. The van der Waals surface area contributed by atoms with Crippen LogP contribution in [0, 0.1) is 0 Å². The Morgan fingerprint density at radius 1 is 0.727 bits per heavy atom. The molecule has 0 saturated heterocycles. The molecule has 0 amide bonds. The van der Waals surface area contributed by atoms with Gasteiger partial charge in [0.2, 0.25) is 0 Å². The lowest BCUT2D eigenvalue weighted by atomic mass is 10.1. The van der Waals surface area contributed by atoms with Gasteiger partial charge in [0.1, 0.15) is 0 Å². The second-order valence-electron chi connectivity index (χ2n) is 5.34. The van der Waals surface area contributed by atoms with E-state index in [0.717, 1.165) is 57.8 Å². The number of unbranched alkanes of at least 4 members (excludes halogenated alkanes) is 4. The summed E-state index contributed by atoms with van der Waals surface area (Å²) in [6.45, 7) is 2.15. The molecule has 0 aliphatic rings. The number of carboxylic acid groups (broad SMARTS) is 1. The van der Waals surface area contributed by atoms with Crippen molar-refractivity contribution in [3.05, 3.63) is 48.6 Å². The van der Waals surface area contributed by atoms with Gasteiger partial charge >= 0.3 is 5.97 Å². The van der Waals surface area contributed by atoms with Gasteiger partial charge in [-0.2, -0.15) is 0 Å². The van der Waals surface area contributed by atoms with E-state index in [1.807, 2.05) is 0 Å². The smallest absolute Gasteiger partial charge is 0.303 e. The van der Waals surface area contributed by atoms with Gasteiger partial charge in [-0.25, -0.2) is 0 Å². The van der Waals surface area contributed by atoms with E-state index in [-0.39, 0.29) is 0 Å². The summed E-state index contributed by atoms with van der Waals surface area (Å²) in [6, 6.07) is 0. The van der Waals surface area contributed by atoms with E-state index >= 15 is 0 Å². The quantitative estimate of drug-likeness (QED) is 0.305. The van der Waals surface area contributed by atoms with Crippen LogP contribution in [-0.4, -0.2) is 11.1 Å². The topological polar surface area (TPSA) is 37.3 Å². The van der Waals surface area contributed by atoms with E-state index < -0.39 is 5.97 Å². The lowest BCUT2D eigenvalue weighted by molar-refractivity contribution is -0.137. The van der Waals surface area contributed by atoms with E-state index in [0.29, 0.717) is 6.42 Å². The van der Waals surface area contributed by atoms with Crippen LogP contribution in [0.25, 0.3) is 0 Å². The summed E-state index contributed by atoms with van der Waals surface area (Å²) >= 11 is 0. The Morgan fingerprint density at radius 2 is 1.27 bits per heavy atom. The monoisotopic (exact) mass is 304 g/mol. The first-order valence-corrected chi connectivity index (χ1v) is 8.59. The summed E-state index contributed by atoms with van der Waals surface area (Å²) in [5.74, 6) is -0.686. The van der Waals surface area contributed by atoms with Gasteiger partial charge < -0.3 is 5.11 Å². The Hall–Kier alpha value is -1.57. The zero-order valence-electron chi connectivity index (χ0n) is 14.0. The van der Waals surface area contributed by atoms with Crippen LogP contribution >= 0.6 is 0 Å². The van der Waals surface area contributed by atoms with E-state index in [1.54, 1.807) is 0 Å². The van der Waals surface area contributed by atoms with Crippen LogP contribution in [0.3, 0.4) is 0 Å². The maximum absolute atomic E-state index is 10.3. The molecule has 0 fully saturated rings. The molecule has 1 N–H and O–H groups in total. The number of hydrogen-bond acceptors (Lipinski definition) is 1. The highest BCUT2D eigenvalue weighted by Crippen LogP contribution is 2.04. The van der Waals surface area contributed by atoms with Gasteiger partial charge in [0, 0.05) is 6.42 Å². The van der Waals surface area contributed by atoms with Crippen molar-refractivity contribution >= 4 is 5.97 Å². The van der Waals surface area contributed by atoms with Crippen molar-refractivity contribution in [1.29, 1.82) is 0 Å². The number of aliphatic carboxylic acids is 1. The fourth-order valence-corrected chi connectivity index (χ4v) is 1.97. The van der Waals surface area contributed by atoms with Gasteiger partial charge in [-0.3, -0.25) is 4.79 Å². The van der Waals surface area contributed by atoms with Gasteiger partial charge in [-0.15, -0.1) is 0 Å². The van der Waals surface area contributed by atoms with Gasteiger partial charge in [0.25, 0.3) is 0 Å². The summed E-state index contributed by atoms with van der Waals surface area (Å²) in [5, 5.41) is 8.51. The Bertz CT molecular complexity index is 362. The molecule has 0 aliphatic carbocycles. The SMILES string of the molecule is CCC=CCC=CCC=CCCC=CCCCCCC(=O)O. The molecule has 2 heteroatoms. The van der Waals surface area contributed by atoms with Crippen molar-refractivity contribution in [2.24, 2.45) is 0 Å². The Kier molecular flexibility index (Phi) is 16.2. The lowest BCUT2D eigenvalue weighted by Crippen LogP contribution is -1.93. The van der Waals surface area contributed by atoms with Gasteiger partial charge in [0.05, 0.1) is 0 Å². The zero-order valence-corrected chi connectivity index (χ0v) is 14.0. The second-order valence-corrected chi connectivity index (χ2v) is 5.34. The van der Waals surface area contributed by atoms with Crippen LogP contribution in [0.4, 0.5) is 0 Å². The first kappa shape index (κ1) is 20.4. The third-order valence-corrected chi connectivity index (χ3v) is 3.21. The predicted octanol–water partition coefficient (Wildman–Crippen LogP) is 6.22. The van der Waals surface area contributed by atoms with Crippen LogP contribution in [0.2, 0.25) is 0 Å². The molecule has 0 bridgehead atoms. The summed E-state index contributed by atoms with van der Waals surface area (Å²) in [6.07, 6.45) is 27.4. The minimum absolute atomic E-state index is 0.303. The molecule has 0 atom stereocenters. The number of allylic oxidation sites excluding steroid dienone is 8. The Balaban J connectivity index is 3.33. The molecule has 0 rings (SSSR count). The highest BCUT2D eigenvalue weighted by Gasteiger charge is 1.94. The fourth-order valence-electron chi connectivity index (χ4n) is 1.97. The van der Waals surface area contributed by atoms with Crippen molar-refractivity contribution < 1.29 is 9.90 Å². The van der Waals surface area contributed by atoms with E-state index in [9.17, 15) is 4.79 Å². The minimum Gasteiger partial charge on any atom is -0.481 e. The summed E-state index contributed by atoms with van der Waals surface area (Å²) in [5.41, 5.74) is 0. The van der Waals surface area contributed by atoms with Crippen LogP contribution in [0.1, 0.15) is 71.1 Å². The van der Waals surface area contributed by atoms with Crippen LogP contribution < -0.4 is 0 Å². The van der Waals surface area contributed by atoms with Gasteiger partial charge in [-0.1, -0.05) is 62.0 Å². The van der Waals surface area contributed by atoms with E-state index in [4.69, 9.17) is 5.11 Å². The average molecular weight is 304 g/mol. The van der Waals surface area contributed by atoms with Crippen molar-refractivity contribution in [1.82, 2.24) is 0 Å². The lowest BCUT2D eigenvalue weighted by Gasteiger charge is -1.95. The molecule has 22 heavy (non-hydrogen) atoms. The molecule has 0 aromatic heterocycles. The van der Waals surface area contributed by atoms with Crippen LogP contribution in [0.15, 0.2) is 48.6 Å². The highest BCUT2D eigenvalue weighted by molar-refractivity contribution is 5.66. The molecule has 2 nitrogen and oxygen atoms in total. The molecule has 0 saturated carbocycles. The van der Waals surface area contributed by atoms with E-state index in [2.05, 4.69) is 55.5 Å². The van der Waals surface area contributed by atoms with Crippen LogP contribution in [0.5, 0.6) is 0 Å². The molecular weight excluding hydrogens is 272 g/mol. The third kappa shape index (κ3) is 18.4. The largest absolute Gasteiger partial charge is 0.481 e. The normalized spacial score (nSPS) is 12.4. The third-order valence-electron chi connectivity index (χ3n) is 3.21. The molecular formula is C20H32O2. The number of carbonyl (C=O) groups is 1. The highest BCUT2D eigenvalue weighted by atomic mass is 16.4. The first-order chi connectivity index (χ1) is 10.8. The summed E-state index contributed by atoms with van der Waals surface area (Å²) < 4.78 is 0. The Labute approximate surface area is 136 Å². The number of rotatable bonds is 14.